The Morgan fingerprint density at radius 2 is 2.46 bits per heavy atom. The van der Waals surface area contributed by atoms with Gasteiger partial charge in [0.05, 0.1) is 25.2 Å². The molecule has 3 nitrogen and oxygen atoms in total. The predicted octanol–water partition coefficient (Wildman–Crippen LogP) is 0.336. The molecule has 1 saturated heterocycles. The van der Waals surface area contributed by atoms with E-state index in [0.717, 1.165) is 0 Å². The van der Waals surface area contributed by atoms with Crippen molar-refractivity contribution in [2.45, 2.75) is 11.5 Å². The number of thiophene rings is 1. The van der Waals surface area contributed by atoms with Crippen molar-refractivity contribution in [2.24, 2.45) is 5.73 Å². The zero-order valence-corrected chi connectivity index (χ0v) is 8.09. The molecule has 2 heterocycles. The van der Waals surface area contributed by atoms with Gasteiger partial charge in [0.1, 0.15) is 0 Å². The Kier molecular flexibility index (Phi) is 2.38. The van der Waals surface area contributed by atoms with Crippen molar-refractivity contribution in [3.8, 4) is 0 Å². The second-order valence-electron chi connectivity index (χ2n) is 3.42. The summed E-state index contributed by atoms with van der Waals surface area (Å²) >= 11 is 1.68. The number of rotatable bonds is 3. The standard InChI is InChI=1S/C9H13NO2S/c10-7(4-11)9(5-12-6-9)8-2-1-3-13-8/h1-3,7,11H,4-6,10H2. The first-order valence-corrected chi connectivity index (χ1v) is 5.16. The zero-order valence-electron chi connectivity index (χ0n) is 7.27. The lowest BCUT2D eigenvalue weighted by Crippen LogP contribution is -2.59. The molecule has 1 fully saturated rings. The van der Waals surface area contributed by atoms with Crippen LogP contribution in [0.4, 0.5) is 0 Å². The first kappa shape index (κ1) is 9.15. The van der Waals surface area contributed by atoms with Crippen molar-refractivity contribution in [1.82, 2.24) is 0 Å². The zero-order chi connectivity index (χ0) is 9.31. The first-order valence-electron chi connectivity index (χ1n) is 4.28. The monoisotopic (exact) mass is 199 g/mol. The molecule has 0 bridgehead atoms. The van der Waals surface area contributed by atoms with E-state index in [1.807, 2.05) is 11.4 Å². The molecule has 1 aliphatic heterocycles. The predicted molar refractivity (Wildman–Crippen MR) is 51.9 cm³/mol. The molecule has 2 rings (SSSR count). The lowest BCUT2D eigenvalue weighted by molar-refractivity contribution is -0.0779. The summed E-state index contributed by atoms with van der Waals surface area (Å²) in [4.78, 5) is 1.22. The molecule has 0 amide bonds. The van der Waals surface area contributed by atoms with Gasteiger partial charge in [0.2, 0.25) is 0 Å². The van der Waals surface area contributed by atoms with Gasteiger partial charge in [-0.25, -0.2) is 0 Å². The lowest BCUT2D eigenvalue weighted by Gasteiger charge is -2.44. The van der Waals surface area contributed by atoms with E-state index in [-0.39, 0.29) is 18.1 Å². The van der Waals surface area contributed by atoms with E-state index < -0.39 is 0 Å². The van der Waals surface area contributed by atoms with Gasteiger partial charge in [0.25, 0.3) is 0 Å². The average Bonchev–Trinajstić information content (AvgIpc) is 2.55. The van der Waals surface area contributed by atoms with Crippen LogP contribution >= 0.6 is 11.3 Å². The molecule has 3 N–H and O–H groups in total. The van der Waals surface area contributed by atoms with Gasteiger partial charge >= 0.3 is 0 Å². The molecule has 1 aromatic heterocycles. The Labute approximate surface area is 81.1 Å². The molecule has 1 aliphatic rings. The summed E-state index contributed by atoms with van der Waals surface area (Å²) in [6.45, 7) is 1.28. The van der Waals surface area contributed by atoms with E-state index in [1.54, 1.807) is 11.3 Å². The highest BCUT2D eigenvalue weighted by atomic mass is 32.1. The van der Waals surface area contributed by atoms with Gasteiger partial charge in [0.15, 0.2) is 0 Å². The van der Waals surface area contributed by atoms with E-state index in [2.05, 4.69) is 6.07 Å². The molecule has 4 heteroatoms. The number of ether oxygens (including phenoxy) is 1. The van der Waals surface area contributed by atoms with Crippen molar-refractivity contribution in [2.75, 3.05) is 19.8 Å². The second kappa shape index (κ2) is 3.38. The molecular weight excluding hydrogens is 186 g/mol. The van der Waals surface area contributed by atoms with Gasteiger partial charge in [-0.1, -0.05) is 6.07 Å². The summed E-state index contributed by atoms with van der Waals surface area (Å²) in [6.07, 6.45) is 0. The topological polar surface area (TPSA) is 55.5 Å². The summed E-state index contributed by atoms with van der Waals surface area (Å²) < 4.78 is 5.20. The molecule has 1 aromatic rings. The van der Waals surface area contributed by atoms with Crippen molar-refractivity contribution in [1.29, 1.82) is 0 Å². The maximum absolute atomic E-state index is 9.06. The van der Waals surface area contributed by atoms with Crippen LogP contribution in [0.25, 0.3) is 0 Å². The van der Waals surface area contributed by atoms with Crippen LogP contribution in [0, 0.1) is 0 Å². The fourth-order valence-corrected chi connectivity index (χ4v) is 2.56. The van der Waals surface area contributed by atoms with Gasteiger partial charge in [0, 0.05) is 10.9 Å². The average molecular weight is 199 g/mol. The Morgan fingerprint density at radius 3 is 2.85 bits per heavy atom. The summed E-state index contributed by atoms with van der Waals surface area (Å²) in [5.41, 5.74) is 5.76. The van der Waals surface area contributed by atoms with E-state index in [0.29, 0.717) is 13.2 Å². The van der Waals surface area contributed by atoms with Crippen LogP contribution < -0.4 is 5.73 Å². The minimum Gasteiger partial charge on any atom is -0.395 e. The number of aliphatic hydroxyl groups is 1. The van der Waals surface area contributed by atoms with E-state index >= 15 is 0 Å². The van der Waals surface area contributed by atoms with E-state index in [9.17, 15) is 0 Å². The van der Waals surface area contributed by atoms with Gasteiger partial charge in [-0.05, 0) is 11.4 Å². The third-order valence-electron chi connectivity index (χ3n) is 2.64. The fraction of sp³-hybridized carbons (Fsp3) is 0.556. The number of nitrogens with two attached hydrogens (primary N) is 1. The van der Waals surface area contributed by atoms with Gasteiger partial charge in [-0.3, -0.25) is 0 Å². The fourth-order valence-electron chi connectivity index (χ4n) is 1.60. The van der Waals surface area contributed by atoms with Gasteiger partial charge in [-0.2, -0.15) is 0 Å². The molecule has 72 valence electrons. The molecule has 0 spiro atoms. The van der Waals surface area contributed by atoms with Crippen LogP contribution in [-0.4, -0.2) is 31.0 Å². The van der Waals surface area contributed by atoms with Crippen LogP contribution in [0.2, 0.25) is 0 Å². The quantitative estimate of drug-likeness (QED) is 0.738. The lowest BCUT2D eigenvalue weighted by atomic mass is 9.77. The van der Waals surface area contributed by atoms with Crippen LogP contribution in [0.5, 0.6) is 0 Å². The van der Waals surface area contributed by atoms with Crippen LogP contribution in [-0.2, 0) is 10.2 Å². The van der Waals surface area contributed by atoms with Crippen molar-refractivity contribution in [3.05, 3.63) is 22.4 Å². The third kappa shape index (κ3) is 1.30. The smallest absolute Gasteiger partial charge is 0.0686 e. The Hall–Kier alpha value is -0.420. The van der Waals surface area contributed by atoms with Crippen LogP contribution in [0.15, 0.2) is 17.5 Å². The normalized spacial score (nSPS) is 22.3. The second-order valence-corrected chi connectivity index (χ2v) is 4.36. The van der Waals surface area contributed by atoms with Crippen LogP contribution in [0.1, 0.15) is 4.88 Å². The molecule has 0 radical (unpaired) electrons. The highest BCUT2D eigenvalue weighted by molar-refractivity contribution is 7.10. The first-order chi connectivity index (χ1) is 6.29. The minimum absolute atomic E-state index is 0.0151. The number of hydrogen-bond donors (Lipinski definition) is 2. The summed E-state index contributed by atoms with van der Waals surface area (Å²) in [6, 6.07) is 3.85. The maximum Gasteiger partial charge on any atom is 0.0686 e. The summed E-state index contributed by atoms with van der Waals surface area (Å²) in [7, 11) is 0. The Morgan fingerprint density at radius 1 is 1.69 bits per heavy atom. The summed E-state index contributed by atoms with van der Waals surface area (Å²) in [5.74, 6) is 0. The number of hydrogen-bond acceptors (Lipinski definition) is 4. The van der Waals surface area contributed by atoms with Gasteiger partial charge in [-0.15, -0.1) is 11.3 Å². The third-order valence-corrected chi connectivity index (χ3v) is 3.73. The number of aliphatic hydroxyl groups excluding tert-OH is 1. The largest absolute Gasteiger partial charge is 0.395 e. The molecule has 0 aromatic carbocycles. The molecule has 13 heavy (non-hydrogen) atoms. The van der Waals surface area contributed by atoms with E-state index in [1.165, 1.54) is 4.88 Å². The van der Waals surface area contributed by atoms with Crippen molar-refractivity contribution >= 4 is 11.3 Å². The minimum atomic E-state index is -0.208. The molecule has 1 atom stereocenters. The maximum atomic E-state index is 9.06. The molecule has 0 aliphatic carbocycles. The van der Waals surface area contributed by atoms with E-state index in [4.69, 9.17) is 15.6 Å². The molecule has 1 unspecified atom stereocenters. The van der Waals surface area contributed by atoms with Crippen molar-refractivity contribution < 1.29 is 9.84 Å². The SMILES string of the molecule is NC(CO)C1(c2cccs2)COC1. The molecular formula is C9H13NO2S. The Bertz CT molecular complexity index is 269. The highest BCUT2D eigenvalue weighted by Gasteiger charge is 2.46. The Balaban J connectivity index is 2.25. The molecule has 0 saturated carbocycles. The van der Waals surface area contributed by atoms with Crippen molar-refractivity contribution in [3.63, 3.8) is 0 Å². The highest BCUT2D eigenvalue weighted by Crippen LogP contribution is 2.37. The summed E-state index contributed by atoms with van der Waals surface area (Å²) in [5, 5.41) is 11.1. The van der Waals surface area contributed by atoms with Gasteiger partial charge < -0.3 is 15.6 Å². The van der Waals surface area contributed by atoms with Crippen LogP contribution in [0.3, 0.4) is 0 Å².